The average Bonchev–Trinajstić information content (AvgIpc) is 3.04. The zero-order valence-corrected chi connectivity index (χ0v) is 14.0. The number of nitrogens with zero attached hydrogens (tertiary/aromatic N) is 2. The molecule has 0 aliphatic carbocycles. The molecule has 0 radical (unpaired) electrons. The van der Waals surface area contributed by atoms with Crippen LogP contribution in [0.15, 0.2) is 36.7 Å². The minimum atomic E-state index is -3.77. The van der Waals surface area contributed by atoms with Crippen molar-refractivity contribution in [2.45, 2.75) is 38.8 Å². The van der Waals surface area contributed by atoms with Gasteiger partial charge >= 0.3 is 5.92 Å². The number of hydrogen-bond donors (Lipinski definition) is 1. The number of imidazole rings is 1. The lowest BCUT2D eigenvalue weighted by molar-refractivity contribution is -0.148. The van der Waals surface area contributed by atoms with Crippen molar-refractivity contribution in [1.82, 2.24) is 14.9 Å². The SMILES string of the molecule is CCCn1ccnc1C(F)(F)C(=O)NC[C@H](C)Oc1ccccc1F. The van der Waals surface area contributed by atoms with Gasteiger partial charge in [-0.15, -0.1) is 0 Å². The Kier molecular flexibility index (Phi) is 6.06. The molecule has 0 aliphatic rings. The highest BCUT2D eigenvalue weighted by Gasteiger charge is 2.45. The van der Waals surface area contributed by atoms with Gasteiger partial charge in [0.05, 0.1) is 6.54 Å². The maximum Gasteiger partial charge on any atom is 0.381 e. The van der Waals surface area contributed by atoms with Crippen molar-refractivity contribution in [3.8, 4) is 5.75 Å². The fraction of sp³-hybridized carbons (Fsp3) is 0.412. The molecule has 0 bridgehead atoms. The number of carbonyl (C=O) groups excluding carboxylic acids is 1. The van der Waals surface area contributed by atoms with E-state index in [-0.39, 0.29) is 12.3 Å². The lowest BCUT2D eigenvalue weighted by Gasteiger charge is -2.19. The average molecular weight is 355 g/mol. The third-order valence-electron chi connectivity index (χ3n) is 3.46. The molecule has 1 amide bonds. The van der Waals surface area contributed by atoms with Gasteiger partial charge in [-0.2, -0.15) is 8.78 Å². The standard InChI is InChI=1S/C17H20F3N3O2/c1-3-9-23-10-8-21-15(23)17(19,20)16(24)22-11-12(2)25-14-7-5-4-6-13(14)18/h4-8,10,12H,3,9,11H2,1-2H3,(H,22,24)/t12-/m0/s1. The third kappa shape index (κ3) is 4.52. The van der Waals surface area contributed by atoms with Crippen molar-refractivity contribution in [3.05, 3.63) is 48.3 Å². The molecule has 0 saturated carbocycles. The number of hydrogen-bond acceptors (Lipinski definition) is 3. The van der Waals surface area contributed by atoms with Crippen molar-refractivity contribution in [1.29, 1.82) is 0 Å². The molecule has 0 aliphatic heterocycles. The Hall–Kier alpha value is -2.51. The highest BCUT2D eigenvalue weighted by molar-refractivity contribution is 5.83. The Labute approximate surface area is 143 Å². The van der Waals surface area contributed by atoms with Gasteiger partial charge in [-0.3, -0.25) is 4.79 Å². The summed E-state index contributed by atoms with van der Waals surface area (Å²) >= 11 is 0. The van der Waals surface area contributed by atoms with E-state index in [4.69, 9.17) is 4.74 Å². The van der Waals surface area contributed by atoms with Crippen LogP contribution < -0.4 is 10.1 Å². The number of ether oxygens (including phenoxy) is 1. The summed E-state index contributed by atoms with van der Waals surface area (Å²) < 4.78 is 48.7. The van der Waals surface area contributed by atoms with E-state index >= 15 is 0 Å². The molecule has 0 unspecified atom stereocenters. The number of carbonyl (C=O) groups is 1. The number of nitrogens with one attached hydrogen (secondary N) is 1. The highest BCUT2D eigenvalue weighted by Crippen LogP contribution is 2.27. The van der Waals surface area contributed by atoms with E-state index in [9.17, 15) is 18.0 Å². The predicted molar refractivity (Wildman–Crippen MR) is 85.9 cm³/mol. The van der Waals surface area contributed by atoms with E-state index in [1.165, 1.54) is 35.2 Å². The van der Waals surface area contributed by atoms with E-state index < -0.39 is 29.6 Å². The van der Waals surface area contributed by atoms with Crippen molar-refractivity contribution in [2.75, 3.05) is 6.54 Å². The first-order chi connectivity index (χ1) is 11.9. The molecule has 8 heteroatoms. The second-order valence-electron chi connectivity index (χ2n) is 5.59. The molecule has 0 saturated heterocycles. The van der Waals surface area contributed by atoms with Gasteiger partial charge in [0.15, 0.2) is 17.4 Å². The number of aryl methyl sites for hydroxylation is 1. The van der Waals surface area contributed by atoms with Gasteiger partial charge in [0, 0.05) is 18.9 Å². The molecular formula is C17H20F3N3O2. The summed E-state index contributed by atoms with van der Waals surface area (Å²) in [5.41, 5.74) is 0. The highest BCUT2D eigenvalue weighted by atomic mass is 19.3. The molecule has 1 aromatic heterocycles. The molecule has 136 valence electrons. The van der Waals surface area contributed by atoms with Crippen LogP contribution in [0.4, 0.5) is 13.2 Å². The van der Waals surface area contributed by atoms with Crippen LogP contribution in [-0.2, 0) is 17.3 Å². The van der Waals surface area contributed by atoms with Crippen molar-refractivity contribution in [3.63, 3.8) is 0 Å². The summed E-state index contributed by atoms with van der Waals surface area (Å²) in [7, 11) is 0. The van der Waals surface area contributed by atoms with Gasteiger partial charge in [0.2, 0.25) is 0 Å². The molecule has 1 N–H and O–H groups in total. The zero-order chi connectivity index (χ0) is 18.4. The monoisotopic (exact) mass is 355 g/mol. The lowest BCUT2D eigenvalue weighted by atomic mass is 10.2. The molecule has 2 aromatic rings. The quantitative estimate of drug-likeness (QED) is 0.792. The largest absolute Gasteiger partial charge is 0.486 e. The Morgan fingerprint density at radius 2 is 2.12 bits per heavy atom. The van der Waals surface area contributed by atoms with Crippen molar-refractivity contribution >= 4 is 5.91 Å². The van der Waals surface area contributed by atoms with E-state index in [2.05, 4.69) is 10.3 Å². The Bertz CT molecular complexity index is 719. The first kappa shape index (κ1) is 18.8. The summed E-state index contributed by atoms with van der Waals surface area (Å²) in [4.78, 5) is 15.5. The predicted octanol–water partition coefficient (Wildman–Crippen LogP) is 3.11. The van der Waals surface area contributed by atoms with Gasteiger partial charge < -0.3 is 14.6 Å². The Morgan fingerprint density at radius 1 is 1.40 bits per heavy atom. The number of benzene rings is 1. The fourth-order valence-electron chi connectivity index (χ4n) is 2.26. The van der Waals surface area contributed by atoms with Crippen LogP contribution in [0.5, 0.6) is 5.75 Å². The molecular weight excluding hydrogens is 335 g/mol. The summed E-state index contributed by atoms with van der Waals surface area (Å²) in [5, 5.41) is 2.13. The van der Waals surface area contributed by atoms with E-state index in [1.807, 2.05) is 6.92 Å². The van der Waals surface area contributed by atoms with Crippen LogP contribution in [0.25, 0.3) is 0 Å². The van der Waals surface area contributed by atoms with E-state index in [0.717, 1.165) is 0 Å². The van der Waals surface area contributed by atoms with Gasteiger partial charge in [0.1, 0.15) is 6.10 Å². The molecule has 25 heavy (non-hydrogen) atoms. The first-order valence-electron chi connectivity index (χ1n) is 7.95. The summed E-state index contributed by atoms with van der Waals surface area (Å²) in [6.45, 7) is 3.52. The van der Waals surface area contributed by atoms with Crippen molar-refractivity contribution < 1.29 is 22.7 Å². The second-order valence-corrected chi connectivity index (χ2v) is 5.59. The fourth-order valence-corrected chi connectivity index (χ4v) is 2.26. The van der Waals surface area contributed by atoms with Gasteiger partial charge in [-0.05, 0) is 25.5 Å². The Morgan fingerprint density at radius 3 is 2.80 bits per heavy atom. The number of halogens is 3. The third-order valence-corrected chi connectivity index (χ3v) is 3.46. The number of aromatic nitrogens is 2. The molecule has 0 fully saturated rings. The first-order valence-corrected chi connectivity index (χ1v) is 7.95. The molecule has 2 rings (SSSR count). The van der Waals surface area contributed by atoms with Crippen LogP contribution in [-0.4, -0.2) is 28.1 Å². The van der Waals surface area contributed by atoms with Gasteiger partial charge in [-0.25, -0.2) is 9.37 Å². The van der Waals surface area contributed by atoms with E-state index in [0.29, 0.717) is 13.0 Å². The van der Waals surface area contributed by atoms with Crippen LogP contribution in [0.3, 0.4) is 0 Å². The van der Waals surface area contributed by atoms with Crippen LogP contribution in [0.1, 0.15) is 26.1 Å². The van der Waals surface area contributed by atoms with Crippen LogP contribution in [0.2, 0.25) is 0 Å². The summed E-state index contributed by atoms with van der Waals surface area (Å²) in [6.07, 6.45) is 2.58. The minimum absolute atomic E-state index is 0.00509. The van der Waals surface area contributed by atoms with E-state index in [1.54, 1.807) is 13.0 Å². The Balaban J connectivity index is 1.96. The van der Waals surface area contributed by atoms with Crippen LogP contribution >= 0.6 is 0 Å². The maximum atomic E-state index is 14.3. The lowest BCUT2D eigenvalue weighted by Crippen LogP contribution is -2.43. The smallest absolute Gasteiger partial charge is 0.381 e. The van der Waals surface area contributed by atoms with Gasteiger partial charge in [0.25, 0.3) is 5.91 Å². The molecule has 0 spiro atoms. The second kappa shape index (κ2) is 8.04. The topological polar surface area (TPSA) is 56.2 Å². The van der Waals surface area contributed by atoms with Gasteiger partial charge in [-0.1, -0.05) is 19.1 Å². The number of amides is 1. The molecule has 1 atom stereocenters. The number of para-hydroxylation sites is 1. The maximum absolute atomic E-state index is 14.3. The zero-order valence-electron chi connectivity index (χ0n) is 14.0. The van der Waals surface area contributed by atoms with Crippen molar-refractivity contribution in [2.24, 2.45) is 0 Å². The number of alkyl halides is 2. The molecule has 5 nitrogen and oxygen atoms in total. The number of rotatable bonds is 8. The summed E-state index contributed by atoms with van der Waals surface area (Å²) in [6, 6.07) is 5.74. The summed E-state index contributed by atoms with van der Waals surface area (Å²) in [5.74, 6) is -6.41. The van der Waals surface area contributed by atoms with Crippen LogP contribution in [0, 0.1) is 5.82 Å². The molecule has 1 aromatic carbocycles. The minimum Gasteiger partial charge on any atom is -0.486 e. The normalized spacial score (nSPS) is 12.7. The molecule has 1 heterocycles.